The van der Waals surface area contributed by atoms with Crippen molar-refractivity contribution in [2.45, 2.75) is 132 Å². The molecule has 48 nitrogen and oxygen atoms in total. The Morgan fingerprint density at radius 1 is 0.207 bits per heavy atom. The highest BCUT2D eigenvalue weighted by atomic mass is 15.4. The molecule has 116 heavy (non-hydrogen) atoms. The number of aromatic nitrogens is 24. The average Bonchev–Trinajstić information content (AvgIpc) is 0.890. The Balaban J connectivity index is 0.000000664. The highest BCUT2D eigenvalue weighted by molar-refractivity contribution is 5.48. The second-order valence-corrected chi connectivity index (χ2v) is 24.2. The van der Waals surface area contributed by atoms with Gasteiger partial charge in [-0.3, -0.25) is 0 Å². The molecule has 0 saturated carbocycles. The predicted octanol–water partition coefficient (Wildman–Crippen LogP) is 6.03. The summed E-state index contributed by atoms with van der Waals surface area (Å²) in [4.78, 5) is 106. The highest BCUT2D eigenvalue weighted by Crippen LogP contribution is 2.17. The third kappa shape index (κ3) is 42.2. The van der Waals surface area contributed by atoms with Gasteiger partial charge in [-0.2, -0.15) is 120 Å². The molecule has 648 valence electrons. The minimum absolute atomic E-state index is 0.231. The predicted molar refractivity (Wildman–Crippen MR) is 479 cm³/mol. The number of nitrogens with one attached hydrogen (secondary N) is 16. The summed E-state index contributed by atoms with van der Waals surface area (Å²) < 4.78 is 0. The Labute approximate surface area is 684 Å². The van der Waals surface area contributed by atoms with Gasteiger partial charge in [-0.1, -0.05) is 80.1 Å². The molecule has 0 radical (unpaired) electrons. The quantitative estimate of drug-likeness (QED) is 0.0195. The molecule has 8 aromatic heterocycles. The fraction of sp³-hybridized carbons (Fsp3) is 0.647. The van der Waals surface area contributed by atoms with Crippen LogP contribution in [0, 0.1) is 0 Å². The maximum absolute atomic E-state index is 5.60. The van der Waals surface area contributed by atoms with Gasteiger partial charge in [0.25, 0.3) is 0 Å². The first kappa shape index (κ1) is 101. The molecule has 0 aliphatic heterocycles. The Bertz CT molecular complexity index is 3780. The Morgan fingerprint density at radius 2 is 0.440 bits per heavy atom. The van der Waals surface area contributed by atoms with Crippen LogP contribution in [0.25, 0.3) is 0 Å². The summed E-state index contributed by atoms with van der Waals surface area (Å²) in [5.74, 6) is 12.2. The first-order valence-corrected chi connectivity index (χ1v) is 38.9. The second-order valence-electron chi connectivity index (χ2n) is 24.2. The minimum atomic E-state index is 0.231. The van der Waals surface area contributed by atoms with Crippen molar-refractivity contribution in [1.82, 2.24) is 120 Å². The van der Waals surface area contributed by atoms with E-state index in [1.165, 1.54) is 25.7 Å². The molecule has 0 atom stereocenters. The van der Waals surface area contributed by atoms with Crippen molar-refractivity contribution >= 4 is 143 Å². The summed E-state index contributed by atoms with van der Waals surface area (Å²) in [6.45, 7) is 23.8. The molecule has 8 aromatic rings. The van der Waals surface area contributed by atoms with Crippen molar-refractivity contribution in [2.75, 3.05) is 293 Å². The van der Waals surface area contributed by atoms with Crippen LogP contribution in [0.2, 0.25) is 0 Å². The van der Waals surface area contributed by atoms with Gasteiger partial charge in [0.05, 0.1) is 0 Å². The molecule has 0 amide bonds. The van der Waals surface area contributed by atoms with Crippen molar-refractivity contribution in [2.24, 2.45) is 0 Å². The van der Waals surface area contributed by atoms with E-state index < -0.39 is 0 Å². The molecule has 0 spiro atoms. The van der Waals surface area contributed by atoms with Gasteiger partial charge < -0.3 is 128 Å². The van der Waals surface area contributed by atoms with E-state index in [0.717, 1.165) is 104 Å². The number of nitrogen functional groups attached to an aromatic ring is 4. The number of unbranched alkanes of at least 4 members (excludes halogenated alkanes) is 6. The van der Waals surface area contributed by atoms with Crippen LogP contribution in [-0.2, 0) is 0 Å². The lowest BCUT2D eigenvalue weighted by Crippen LogP contribution is -2.22. The molecule has 0 aliphatic carbocycles. The smallest absolute Gasteiger partial charge is 0.231 e. The molecular weight excluding hydrogens is 1490 g/mol. The topological polar surface area (TPSA) is 619 Å². The molecule has 0 unspecified atom stereocenters. The van der Waals surface area contributed by atoms with Gasteiger partial charge in [0.1, 0.15) is 0 Å². The van der Waals surface area contributed by atoms with Gasteiger partial charge in [0.2, 0.25) is 143 Å². The summed E-state index contributed by atoms with van der Waals surface area (Å²) in [5, 5.41) is 46.9. The van der Waals surface area contributed by atoms with E-state index in [-0.39, 0.29) is 23.8 Å². The van der Waals surface area contributed by atoms with Gasteiger partial charge >= 0.3 is 0 Å². The molecule has 24 N–H and O–H groups in total. The molecular formula is C68H136N48. The lowest BCUT2D eigenvalue weighted by molar-refractivity contribution is 0.695. The number of anilines is 24. The number of rotatable bonds is 40. The van der Waals surface area contributed by atoms with Gasteiger partial charge in [0.15, 0.2) is 0 Å². The van der Waals surface area contributed by atoms with Crippen LogP contribution in [0.15, 0.2) is 0 Å². The first-order chi connectivity index (χ1) is 55.9. The van der Waals surface area contributed by atoms with E-state index in [1.54, 1.807) is 84.6 Å². The Hall–Kier alpha value is -12.7. The standard InChI is InChI=1S/2C10H20N6.2C9H18N6.2C8H16N6.2C7H14N6/c1-4-5-6-7-16(3)10-14-8(11)13-9(12-2)15-10;1-4-5-6-7-13-10-15-8(11-2)14-9(12-3)16-10;1-4-5-6-15(3)9-13-7(10)12-8(11-2)14-9;1-4-5-6-12-9-14-7(10-2)13-8(11-3)15-9;1-4-5-14(3)8-12-6(9)11-7(10-2)13-8;1-4-5-11-8-13-6(9-2)12-7(10-3)14-8;1-4-13(3)7-11-5(8)10-6(9-2)12-7;1-4-10-7-12-5(8-2)11-6(9-3)13-7/h4-7H2,1-3H3,(H3,11,12,13,14,15);4-7H2,1-3H3,(H3,11,12,13,14,15,16);4-6H2,1-3H3,(H3,10,11,12,13,14);4-6H2,1-3H3,(H3,10,11,12,13,14,15);4-5H2,1-3H3,(H3,9,10,11,12,13);4-5H2,1-3H3,(H3,9,10,11,12,13,14);4H2,1-3H3,(H3,8,9,10,11,12);4H2,1-3H3,(H3,8,9,10,11,12,13). The third-order valence-corrected chi connectivity index (χ3v) is 14.9. The number of nitrogens with zero attached hydrogens (tertiary/aromatic N) is 28. The molecule has 0 saturated heterocycles. The number of hydrogen-bond acceptors (Lipinski definition) is 48. The zero-order valence-electron chi connectivity index (χ0n) is 73.0. The van der Waals surface area contributed by atoms with Crippen LogP contribution in [0.4, 0.5) is 143 Å². The maximum Gasteiger partial charge on any atom is 0.231 e. The summed E-state index contributed by atoms with van der Waals surface area (Å²) in [6.07, 6.45) is 13.7. The van der Waals surface area contributed by atoms with Crippen molar-refractivity contribution in [3.8, 4) is 0 Å². The van der Waals surface area contributed by atoms with Crippen LogP contribution in [0.5, 0.6) is 0 Å². The van der Waals surface area contributed by atoms with Gasteiger partial charge in [-0.05, 0) is 52.4 Å². The number of nitrogens with two attached hydrogens (primary N) is 4. The average molecular weight is 1630 g/mol. The van der Waals surface area contributed by atoms with Crippen LogP contribution in [-0.4, -0.2) is 285 Å². The zero-order chi connectivity index (χ0) is 86.6. The van der Waals surface area contributed by atoms with E-state index in [0.29, 0.717) is 119 Å². The molecule has 48 heteroatoms. The Kier molecular flexibility index (Phi) is 53.2. The Morgan fingerprint density at radius 3 is 0.698 bits per heavy atom. The summed E-state index contributed by atoms with van der Waals surface area (Å²) >= 11 is 0. The number of hydrogen-bond donors (Lipinski definition) is 20. The monoisotopic (exact) mass is 1630 g/mol. The van der Waals surface area contributed by atoms with Crippen molar-refractivity contribution in [3.63, 3.8) is 0 Å². The largest absolute Gasteiger partial charge is 0.368 e. The van der Waals surface area contributed by atoms with Crippen molar-refractivity contribution < 1.29 is 0 Å². The minimum Gasteiger partial charge on any atom is -0.368 e. The highest BCUT2D eigenvalue weighted by Gasteiger charge is 2.13. The third-order valence-electron chi connectivity index (χ3n) is 14.9. The molecule has 8 heterocycles. The van der Waals surface area contributed by atoms with E-state index in [4.69, 9.17) is 22.9 Å². The lowest BCUT2D eigenvalue weighted by atomic mass is 10.2. The van der Waals surface area contributed by atoms with Gasteiger partial charge in [-0.15, -0.1) is 0 Å². The second kappa shape index (κ2) is 60.9. The lowest BCUT2D eigenvalue weighted by Gasteiger charge is -2.17. The van der Waals surface area contributed by atoms with Crippen LogP contribution >= 0.6 is 0 Å². The van der Waals surface area contributed by atoms with Crippen molar-refractivity contribution in [3.05, 3.63) is 0 Å². The van der Waals surface area contributed by atoms with Crippen molar-refractivity contribution in [1.29, 1.82) is 0 Å². The van der Waals surface area contributed by atoms with Gasteiger partial charge in [-0.25, -0.2) is 0 Å². The fourth-order valence-electron chi connectivity index (χ4n) is 8.49. The van der Waals surface area contributed by atoms with Crippen LogP contribution < -0.4 is 128 Å². The first-order valence-electron chi connectivity index (χ1n) is 38.9. The van der Waals surface area contributed by atoms with Crippen LogP contribution in [0.3, 0.4) is 0 Å². The maximum atomic E-state index is 5.60. The van der Waals surface area contributed by atoms with E-state index in [1.807, 2.05) is 61.6 Å². The SMILES string of the molecule is CCCCCN(C)c1nc(N)nc(NC)n1.CCCCCNc1nc(NC)nc(NC)n1.CCCCN(C)c1nc(N)nc(NC)n1.CCCCNc1nc(NC)nc(NC)n1.CCCN(C)c1nc(N)nc(NC)n1.CCCNc1nc(NC)nc(NC)n1.CCN(C)c1nc(N)nc(NC)n1.CCNc1nc(NC)nc(NC)n1. The van der Waals surface area contributed by atoms with E-state index >= 15 is 0 Å². The normalized spacial score (nSPS) is 9.86. The summed E-state index contributed by atoms with van der Waals surface area (Å²) in [5.41, 5.74) is 22.2. The van der Waals surface area contributed by atoms with E-state index in [9.17, 15) is 0 Å². The molecule has 0 aromatic carbocycles. The molecule has 0 aliphatic rings. The van der Waals surface area contributed by atoms with Crippen LogP contribution in [0.1, 0.15) is 132 Å². The fourth-order valence-corrected chi connectivity index (χ4v) is 8.49. The molecule has 0 bridgehead atoms. The zero-order valence-corrected chi connectivity index (χ0v) is 73.0. The van der Waals surface area contributed by atoms with E-state index in [2.05, 4.69) is 246 Å². The molecule has 8 rings (SSSR count). The van der Waals surface area contributed by atoms with Gasteiger partial charge in [0, 0.05) is 165 Å². The summed E-state index contributed by atoms with van der Waals surface area (Å²) in [7, 11) is 29.0. The molecule has 0 fully saturated rings. The summed E-state index contributed by atoms with van der Waals surface area (Å²) in [6, 6.07) is 0.